The molecule has 3 rings (SSSR count). The van der Waals surface area contributed by atoms with E-state index in [2.05, 4.69) is 5.32 Å². The first kappa shape index (κ1) is 20.4. The summed E-state index contributed by atoms with van der Waals surface area (Å²) in [5.41, 5.74) is 2.29. The number of halogens is 1. The molecule has 4 amide bonds. The third-order valence-electron chi connectivity index (χ3n) is 4.37. The Labute approximate surface area is 172 Å². The van der Waals surface area contributed by atoms with Crippen LogP contribution in [0.4, 0.5) is 10.5 Å². The van der Waals surface area contributed by atoms with Crippen LogP contribution in [0.1, 0.15) is 16.7 Å². The molecule has 0 aliphatic carbocycles. The Morgan fingerprint density at radius 2 is 1.52 bits per heavy atom. The van der Waals surface area contributed by atoms with Gasteiger partial charge in [0.05, 0.1) is 24.9 Å². The number of benzene rings is 2. The van der Waals surface area contributed by atoms with E-state index in [9.17, 15) is 14.4 Å². The normalized spacial score (nSPS) is 15.6. The third kappa shape index (κ3) is 3.95. The lowest BCUT2D eigenvalue weighted by atomic mass is 10.0. The molecule has 0 saturated carbocycles. The molecule has 1 saturated heterocycles. The van der Waals surface area contributed by atoms with Gasteiger partial charge in [-0.3, -0.25) is 14.9 Å². The van der Waals surface area contributed by atoms with Crippen molar-refractivity contribution in [2.24, 2.45) is 0 Å². The van der Waals surface area contributed by atoms with Gasteiger partial charge in [-0.15, -0.1) is 0 Å². The summed E-state index contributed by atoms with van der Waals surface area (Å²) >= 11 is 6.27. The standard InChI is InChI=1S/C21H19ClN2O5/c1-11-5-12(2)7-14(6-11)24-20(26)15(19(25)23-21(24)27)8-13-9-17(28-3)18(29-4)10-16(13)22/h5-10H,1-4H3,(H,23,25,27)/b15-8+. The van der Waals surface area contributed by atoms with Crippen molar-refractivity contribution in [2.45, 2.75) is 13.8 Å². The highest BCUT2D eigenvalue weighted by Gasteiger charge is 2.37. The zero-order valence-electron chi connectivity index (χ0n) is 16.3. The number of carbonyl (C=O) groups excluding carboxylic acids is 3. The van der Waals surface area contributed by atoms with Crippen LogP contribution in [-0.4, -0.2) is 32.1 Å². The molecular weight excluding hydrogens is 396 g/mol. The molecule has 1 fully saturated rings. The molecule has 0 atom stereocenters. The molecule has 29 heavy (non-hydrogen) atoms. The number of hydrogen-bond acceptors (Lipinski definition) is 5. The van der Waals surface area contributed by atoms with Gasteiger partial charge in [-0.2, -0.15) is 0 Å². The second kappa shape index (κ2) is 7.97. The molecule has 0 spiro atoms. The van der Waals surface area contributed by atoms with Crippen molar-refractivity contribution in [1.82, 2.24) is 5.32 Å². The zero-order chi connectivity index (χ0) is 21.3. The largest absolute Gasteiger partial charge is 0.493 e. The number of hydrogen-bond donors (Lipinski definition) is 1. The monoisotopic (exact) mass is 414 g/mol. The minimum atomic E-state index is -0.805. The maximum absolute atomic E-state index is 13.0. The fourth-order valence-corrected chi connectivity index (χ4v) is 3.32. The van der Waals surface area contributed by atoms with Gasteiger partial charge in [0.2, 0.25) is 0 Å². The molecule has 0 bridgehead atoms. The van der Waals surface area contributed by atoms with E-state index in [1.807, 2.05) is 19.9 Å². The molecule has 8 heteroatoms. The van der Waals surface area contributed by atoms with Gasteiger partial charge in [-0.05, 0) is 54.8 Å². The Kier molecular flexibility index (Phi) is 5.61. The van der Waals surface area contributed by atoms with E-state index in [4.69, 9.17) is 21.1 Å². The van der Waals surface area contributed by atoms with Crippen LogP contribution in [-0.2, 0) is 9.59 Å². The first-order chi connectivity index (χ1) is 13.7. The summed E-state index contributed by atoms with van der Waals surface area (Å²) in [6, 6.07) is 7.57. The Bertz CT molecular complexity index is 1040. The summed E-state index contributed by atoms with van der Waals surface area (Å²) in [4.78, 5) is 38.7. The quantitative estimate of drug-likeness (QED) is 0.609. The number of aryl methyl sites for hydroxylation is 2. The van der Waals surface area contributed by atoms with Crippen molar-refractivity contribution in [3.05, 3.63) is 57.6 Å². The van der Waals surface area contributed by atoms with Crippen LogP contribution < -0.4 is 19.7 Å². The fraction of sp³-hybridized carbons (Fsp3) is 0.190. The number of nitrogens with one attached hydrogen (secondary N) is 1. The van der Waals surface area contributed by atoms with Crippen LogP contribution in [0.3, 0.4) is 0 Å². The SMILES string of the molecule is COc1cc(Cl)c(/C=C2\C(=O)NC(=O)N(c3cc(C)cc(C)c3)C2=O)cc1OC. The van der Waals surface area contributed by atoms with Crippen molar-refractivity contribution in [1.29, 1.82) is 0 Å². The minimum absolute atomic E-state index is 0.224. The lowest BCUT2D eigenvalue weighted by Gasteiger charge is -2.27. The molecular formula is C21H19ClN2O5. The van der Waals surface area contributed by atoms with E-state index < -0.39 is 17.8 Å². The van der Waals surface area contributed by atoms with Gasteiger partial charge in [0.25, 0.3) is 11.8 Å². The number of nitrogens with zero attached hydrogens (tertiary/aromatic N) is 1. The van der Waals surface area contributed by atoms with Gasteiger partial charge in [0.15, 0.2) is 11.5 Å². The van der Waals surface area contributed by atoms with Crippen molar-refractivity contribution in [2.75, 3.05) is 19.1 Å². The summed E-state index contributed by atoms with van der Waals surface area (Å²) in [6.07, 6.45) is 1.32. The average Bonchev–Trinajstić information content (AvgIpc) is 2.64. The lowest BCUT2D eigenvalue weighted by molar-refractivity contribution is -0.122. The molecule has 150 valence electrons. The van der Waals surface area contributed by atoms with Gasteiger partial charge in [-0.25, -0.2) is 9.69 Å². The van der Waals surface area contributed by atoms with E-state index in [-0.39, 0.29) is 10.6 Å². The van der Waals surface area contributed by atoms with Crippen LogP contribution in [0.15, 0.2) is 35.9 Å². The Morgan fingerprint density at radius 1 is 0.931 bits per heavy atom. The van der Waals surface area contributed by atoms with Crippen LogP contribution in [0.2, 0.25) is 5.02 Å². The van der Waals surface area contributed by atoms with Crippen molar-refractivity contribution in [3.63, 3.8) is 0 Å². The molecule has 0 unspecified atom stereocenters. The molecule has 0 aromatic heterocycles. The molecule has 0 radical (unpaired) electrons. The number of ether oxygens (including phenoxy) is 2. The van der Waals surface area contributed by atoms with Gasteiger partial charge >= 0.3 is 6.03 Å². The van der Waals surface area contributed by atoms with Gasteiger partial charge in [-0.1, -0.05) is 17.7 Å². The van der Waals surface area contributed by atoms with Crippen LogP contribution in [0.5, 0.6) is 11.5 Å². The van der Waals surface area contributed by atoms with Gasteiger partial charge < -0.3 is 9.47 Å². The molecule has 1 aliphatic heterocycles. The number of anilines is 1. The molecule has 7 nitrogen and oxygen atoms in total. The van der Waals surface area contributed by atoms with E-state index >= 15 is 0 Å². The molecule has 2 aromatic rings. The predicted octanol–water partition coefficient (Wildman–Crippen LogP) is 3.64. The number of urea groups is 1. The van der Waals surface area contributed by atoms with E-state index in [0.717, 1.165) is 16.0 Å². The Hall–Kier alpha value is -3.32. The van der Waals surface area contributed by atoms with E-state index in [0.29, 0.717) is 22.7 Å². The number of carbonyl (C=O) groups is 3. The molecule has 1 N–H and O–H groups in total. The summed E-state index contributed by atoms with van der Waals surface area (Å²) in [5.74, 6) is -0.748. The number of rotatable bonds is 4. The number of amides is 4. The molecule has 2 aromatic carbocycles. The maximum atomic E-state index is 13.0. The van der Waals surface area contributed by atoms with E-state index in [1.54, 1.807) is 18.2 Å². The lowest BCUT2D eigenvalue weighted by Crippen LogP contribution is -2.54. The zero-order valence-corrected chi connectivity index (χ0v) is 17.1. The predicted molar refractivity (Wildman–Crippen MR) is 109 cm³/mol. The van der Waals surface area contributed by atoms with Crippen molar-refractivity contribution < 1.29 is 23.9 Å². The van der Waals surface area contributed by atoms with E-state index in [1.165, 1.54) is 26.4 Å². The number of barbiturate groups is 1. The average molecular weight is 415 g/mol. The van der Waals surface area contributed by atoms with Gasteiger partial charge in [0, 0.05) is 6.07 Å². The summed E-state index contributed by atoms with van der Waals surface area (Å²) < 4.78 is 10.4. The highest BCUT2D eigenvalue weighted by Crippen LogP contribution is 2.34. The molecule has 1 aliphatic rings. The smallest absolute Gasteiger partial charge is 0.335 e. The van der Waals surface area contributed by atoms with Crippen LogP contribution in [0.25, 0.3) is 6.08 Å². The Balaban J connectivity index is 2.08. The topological polar surface area (TPSA) is 84.9 Å². The van der Waals surface area contributed by atoms with Crippen LogP contribution >= 0.6 is 11.6 Å². The highest BCUT2D eigenvalue weighted by molar-refractivity contribution is 6.40. The van der Waals surface area contributed by atoms with Crippen LogP contribution in [0, 0.1) is 13.8 Å². The fourth-order valence-electron chi connectivity index (χ4n) is 3.11. The van der Waals surface area contributed by atoms with Crippen molar-refractivity contribution >= 4 is 41.2 Å². The maximum Gasteiger partial charge on any atom is 0.335 e. The summed E-state index contributed by atoms with van der Waals surface area (Å²) in [7, 11) is 2.93. The van der Waals surface area contributed by atoms with Crippen molar-refractivity contribution in [3.8, 4) is 11.5 Å². The highest BCUT2D eigenvalue weighted by atomic mass is 35.5. The third-order valence-corrected chi connectivity index (χ3v) is 4.70. The molecule has 1 heterocycles. The number of imide groups is 2. The first-order valence-electron chi connectivity index (χ1n) is 8.66. The second-order valence-corrected chi connectivity index (χ2v) is 6.94. The Morgan fingerprint density at radius 3 is 2.10 bits per heavy atom. The summed E-state index contributed by atoms with van der Waals surface area (Å²) in [5, 5.41) is 2.45. The minimum Gasteiger partial charge on any atom is -0.493 e. The first-order valence-corrected chi connectivity index (χ1v) is 9.04. The number of methoxy groups -OCH3 is 2. The second-order valence-electron chi connectivity index (χ2n) is 6.53. The van der Waals surface area contributed by atoms with Gasteiger partial charge in [0.1, 0.15) is 5.57 Å². The summed E-state index contributed by atoms with van der Waals surface area (Å²) in [6.45, 7) is 3.71.